The Morgan fingerprint density at radius 1 is 0.963 bits per heavy atom. The second kappa shape index (κ2) is 7.96. The lowest BCUT2D eigenvalue weighted by atomic mass is 9.80. The van der Waals surface area contributed by atoms with Gasteiger partial charge in [0, 0.05) is 12.6 Å². The lowest BCUT2D eigenvalue weighted by Crippen LogP contribution is -2.38. The van der Waals surface area contributed by atoms with Crippen molar-refractivity contribution in [3.05, 3.63) is 88.5 Å². The summed E-state index contributed by atoms with van der Waals surface area (Å²) in [6, 6.07) is 20.8. The van der Waals surface area contributed by atoms with Crippen molar-refractivity contribution in [1.29, 1.82) is 0 Å². The summed E-state index contributed by atoms with van der Waals surface area (Å²) in [5, 5.41) is 0. The van der Waals surface area contributed by atoms with E-state index in [1.807, 2.05) is 36.2 Å². The van der Waals surface area contributed by atoms with Crippen molar-refractivity contribution >= 4 is 11.5 Å². The van der Waals surface area contributed by atoms with Crippen molar-refractivity contribution in [2.45, 2.75) is 40.2 Å². The number of nitrogens with zero attached hydrogens (tertiary/aromatic N) is 1. The summed E-state index contributed by atoms with van der Waals surface area (Å²) in [7, 11) is 1.93. The maximum Gasteiger partial charge on any atom is 0.254 e. The van der Waals surface area contributed by atoms with Gasteiger partial charge in [0.2, 0.25) is 0 Å². The molecule has 140 valence electrons. The standard InChI is InChI=1S/C25H29NO/c1-17(2)18(3)24-22(19(4)20-12-8-6-9-13-20)16-23(26(5)25(24)27)21-14-10-7-11-15-21/h6-15,17,23H,16H2,1-5H3/b22-19+,24-18+. The van der Waals surface area contributed by atoms with E-state index in [0.29, 0.717) is 5.92 Å². The van der Waals surface area contributed by atoms with Crippen LogP contribution in [0, 0.1) is 5.92 Å². The molecule has 1 saturated heterocycles. The molecule has 0 aromatic heterocycles. The Morgan fingerprint density at radius 2 is 1.52 bits per heavy atom. The number of likely N-dealkylation sites (N-methyl/N-ethyl adjacent to an activating group) is 1. The highest BCUT2D eigenvalue weighted by Crippen LogP contribution is 2.41. The summed E-state index contributed by atoms with van der Waals surface area (Å²) in [5.74, 6) is 0.468. The zero-order chi connectivity index (χ0) is 19.6. The average Bonchev–Trinajstić information content (AvgIpc) is 2.70. The summed E-state index contributed by atoms with van der Waals surface area (Å²) < 4.78 is 0. The van der Waals surface area contributed by atoms with Gasteiger partial charge in [-0.25, -0.2) is 0 Å². The molecule has 0 radical (unpaired) electrons. The minimum absolute atomic E-state index is 0.0658. The number of hydrogen-bond donors (Lipinski definition) is 0. The van der Waals surface area contributed by atoms with Crippen molar-refractivity contribution in [3.63, 3.8) is 0 Å². The molecule has 2 heteroatoms. The SMILES string of the molecule is C/C(=C1/CC(c2ccccc2)N(C)C(=O)/C1=C(\C)C(C)C)c1ccccc1. The first-order chi connectivity index (χ1) is 12.9. The first-order valence-corrected chi connectivity index (χ1v) is 9.70. The summed E-state index contributed by atoms with van der Waals surface area (Å²) in [4.78, 5) is 15.4. The number of carbonyl (C=O) groups excluding carboxylic acids is 1. The maximum absolute atomic E-state index is 13.4. The molecule has 0 aliphatic carbocycles. The number of amides is 1. The number of piperidine rings is 1. The minimum Gasteiger partial charge on any atom is -0.334 e. The van der Waals surface area contributed by atoms with E-state index in [1.165, 1.54) is 27.8 Å². The minimum atomic E-state index is 0.0658. The van der Waals surface area contributed by atoms with Crippen LogP contribution in [0.1, 0.15) is 51.3 Å². The molecule has 3 rings (SSSR count). The first-order valence-electron chi connectivity index (χ1n) is 9.70. The topological polar surface area (TPSA) is 20.3 Å². The fourth-order valence-electron chi connectivity index (χ4n) is 3.79. The molecular formula is C25H29NO. The zero-order valence-electron chi connectivity index (χ0n) is 17.0. The van der Waals surface area contributed by atoms with Gasteiger partial charge in [0.25, 0.3) is 5.91 Å². The highest BCUT2D eigenvalue weighted by molar-refractivity contribution is 6.02. The second-order valence-corrected chi connectivity index (χ2v) is 7.73. The second-order valence-electron chi connectivity index (χ2n) is 7.73. The van der Waals surface area contributed by atoms with E-state index in [1.54, 1.807) is 0 Å². The Labute approximate surface area is 163 Å². The van der Waals surface area contributed by atoms with Crippen LogP contribution in [0.15, 0.2) is 77.4 Å². The van der Waals surface area contributed by atoms with Gasteiger partial charge in [-0.2, -0.15) is 0 Å². The van der Waals surface area contributed by atoms with Gasteiger partial charge >= 0.3 is 0 Å². The van der Waals surface area contributed by atoms with Crippen LogP contribution in [0.2, 0.25) is 0 Å². The fourth-order valence-corrected chi connectivity index (χ4v) is 3.79. The number of benzene rings is 2. The van der Waals surface area contributed by atoms with Gasteiger partial charge in [-0.1, -0.05) is 80.1 Å². The third-order valence-electron chi connectivity index (χ3n) is 5.81. The number of rotatable bonds is 3. The lowest BCUT2D eigenvalue weighted by Gasteiger charge is -2.38. The molecule has 1 heterocycles. The highest BCUT2D eigenvalue weighted by atomic mass is 16.2. The number of allylic oxidation sites excluding steroid dienone is 2. The van der Waals surface area contributed by atoms with Gasteiger partial charge in [0.15, 0.2) is 0 Å². The Kier molecular flexibility index (Phi) is 5.65. The van der Waals surface area contributed by atoms with Crippen molar-refractivity contribution in [3.8, 4) is 0 Å². The average molecular weight is 360 g/mol. The molecule has 1 amide bonds. The molecule has 2 aromatic rings. The number of carbonyl (C=O) groups is 1. The Balaban J connectivity index is 2.19. The maximum atomic E-state index is 13.4. The highest BCUT2D eigenvalue weighted by Gasteiger charge is 2.35. The van der Waals surface area contributed by atoms with Crippen LogP contribution in [0.3, 0.4) is 0 Å². The van der Waals surface area contributed by atoms with Crippen LogP contribution in [0.5, 0.6) is 0 Å². The summed E-state index contributed by atoms with van der Waals surface area (Å²) in [5.41, 5.74) is 6.83. The van der Waals surface area contributed by atoms with E-state index < -0.39 is 0 Å². The largest absolute Gasteiger partial charge is 0.334 e. The van der Waals surface area contributed by atoms with Crippen molar-refractivity contribution < 1.29 is 4.79 Å². The van der Waals surface area contributed by atoms with E-state index in [0.717, 1.165) is 12.0 Å². The molecule has 1 fully saturated rings. The number of hydrogen-bond acceptors (Lipinski definition) is 1. The van der Waals surface area contributed by atoms with Gasteiger partial charge in [-0.15, -0.1) is 0 Å². The molecule has 0 N–H and O–H groups in total. The van der Waals surface area contributed by atoms with E-state index in [4.69, 9.17) is 0 Å². The smallest absolute Gasteiger partial charge is 0.254 e. The lowest BCUT2D eigenvalue weighted by molar-refractivity contribution is -0.129. The molecule has 2 aromatic carbocycles. The predicted molar refractivity (Wildman–Crippen MR) is 113 cm³/mol. The third-order valence-corrected chi connectivity index (χ3v) is 5.81. The van der Waals surface area contributed by atoms with Gasteiger partial charge in [0.1, 0.15) is 0 Å². The Bertz CT molecular complexity index is 875. The van der Waals surface area contributed by atoms with Crippen molar-refractivity contribution in [2.24, 2.45) is 5.92 Å². The van der Waals surface area contributed by atoms with E-state index >= 15 is 0 Å². The van der Waals surface area contributed by atoms with Gasteiger partial charge in [-0.3, -0.25) is 4.79 Å². The van der Waals surface area contributed by atoms with Crippen LogP contribution in [-0.2, 0) is 4.79 Å². The predicted octanol–water partition coefficient (Wildman–Crippen LogP) is 6.04. The van der Waals surface area contributed by atoms with Crippen molar-refractivity contribution in [2.75, 3.05) is 7.05 Å². The summed E-state index contributed by atoms with van der Waals surface area (Å²) in [6.45, 7) is 8.58. The quantitative estimate of drug-likeness (QED) is 0.612. The molecule has 1 aliphatic heterocycles. The van der Waals surface area contributed by atoms with E-state index in [2.05, 4.69) is 64.1 Å². The molecule has 0 spiro atoms. The molecule has 0 saturated carbocycles. The number of likely N-dealkylation sites (tertiary alicyclic amines) is 1. The summed E-state index contributed by atoms with van der Waals surface area (Å²) in [6.07, 6.45) is 0.840. The van der Waals surface area contributed by atoms with Crippen molar-refractivity contribution in [1.82, 2.24) is 4.90 Å². The third kappa shape index (κ3) is 3.75. The van der Waals surface area contributed by atoms with Gasteiger partial charge in [-0.05, 0) is 48.5 Å². The van der Waals surface area contributed by atoms with Crippen LogP contribution in [0.4, 0.5) is 0 Å². The molecule has 2 nitrogen and oxygen atoms in total. The normalized spacial score (nSPS) is 21.5. The zero-order valence-corrected chi connectivity index (χ0v) is 17.0. The monoisotopic (exact) mass is 359 g/mol. The first kappa shape index (κ1) is 19.2. The van der Waals surface area contributed by atoms with E-state index in [-0.39, 0.29) is 11.9 Å². The molecular weight excluding hydrogens is 330 g/mol. The van der Waals surface area contributed by atoms with Gasteiger partial charge < -0.3 is 4.90 Å². The van der Waals surface area contributed by atoms with Crippen LogP contribution in [0.25, 0.3) is 5.57 Å². The molecule has 27 heavy (non-hydrogen) atoms. The van der Waals surface area contributed by atoms with Gasteiger partial charge in [0.05, 0.1) is 6.04 Å². The Hall–Kier alpha value is -2.61. The Morgan fingerprint density at radius 3 is 2.07 bits per heavy atom. The molecule has 1 atom stereocenters. The fraction of sp³-hybridized carbons (Fsp3) is 0.320. The molecule has 0 bridgehead atoms. The van der Waals surface area contributed by atoms with E-state index in [9.17, 15) is 4.79 Å². The molecule has 1 unspecified atom stereocenters. The van der Waals surface area contributed by atoms with Crippen LogP contribution < -0.4 is 0 Å². The molecule has 1 aliphatic rings. The van der Waals surface area contributed by atoms with Crippen LogP contribution in [-0.4, -0.2) is 17.9 Å². The van der Waals surface area contributed by atoms with Crippen LogP contribution >= 0.6 is 0 Å². The summed E-state index contributed by atoms with van der Waals surface area (Å²) >= 11 is 0.